The van der Waals surface area contributed by atoms with E-state index in [2.05, 4.69) is 0 Å². The molecule has 0 atom stereocenters. The van der Waals surface area contributed by atoms with Crippen molar-refractivity contribution < 1.29 is 13.0 Å². The number of rotatable bonds is 10. The van der Waals surface area contributed by atoms with Crippen LogP contribution in [-0.4, -0.2) is 36.6 Å². The van der Waals surface area contributed by atoms with Crippen molar-refractivity contribution in [3.05, 3.63) is 121 Å². The van der Waals surface area contributed by atoms with Crippen LogP contribution >= 0.6 is 15.8 Å². The summed E-state index contributed by atoms with van der Waals surface area (Å²) in [4.78, 5) is 0. The summed E-state index contributed by atoms with van der Waals surface area (Å²) in [6, 6.07) is 39.7. The summed E-state index contributed by atoms with van der Waals surface area (Å²) < 4.78 is 35.6. The summed E-state index contributed by atoms with van der Waals surface area (Å²) >= 11 is 0. The first-order chi connectivity index (χ1) is 16.9. The molecule has 0 bridgehead atoms. The van der Waals surface area contributed by atoms with E-state index in [-0.39, 0.29) is 18.9 Å². The molecular formula is C28H29NO3P2S. The van der Waals surface area contributed by atoms with Gasteiger partial charge in [-0.1, -0.05) is 121 Å². The minimum absolute atomic E-state index is 0.164. The highest BCUT2D eigenvalue weighted by Gasteiger charge is 2.46. The fraction of sp³-hybridized carbons (Fsp3) is 0.143. The first-order valence-electron chi connectivity index (χ1n) is 11.4. The topological polar surface area (TPSA) is 80.4 Å². The SMILES string of the molecule is NCC(CP(c1ccccc1)c1ccccc1)(CP(c1ccccc1)c1ccccc1)S(=O)(=O)O. The van der Waals surface area contributed by atoms with Gasteiger partial charge in [-0.3, -0.25) is 4.55 Å². The average molecular weight is 522 g/mol. The molecule has 0 aliphatic carbocycles. The highest BCUT2D eigenvalue weighted by Crippen LogP contribution is 2.46. The highest BCUT2D eigenvalue weighted by atomic mass is 32.2. The molecule has 4 rings (SSSR count). The second-order valence-electron chi connectivity index (χ2n) is 8.38. The Kier molecular flexibility index (Phi) is 8.49. The Morgan fingerprint density at radius 1 is 0.571 bits per heavy atom. The van der Waals surface area contributed by atoms with Crippen LogP contribution in [0.25, 0.3) is 0 Å². The van der Waals surface area contributed by atoms with Crippen molar-refractivity contribution in [1.29, 1.82) is 0 Å². The van der Waals surface area contributed by atoms with Crippen LogP contribution in [0.1, 0.15) is 0 Å². The Labute approximate surface area is 210 Å². The monoisotopic (exact) mass is 521 g/mol. The van der Waals surface area contributed by atoms with E-state index in [1.807, 2.05) is 121 Å². The summed E-state index contributed by atoms with van der Waals surface area (Å²) in [5.74, 6) is 0. The number of hydrogen-bond donors (Lipinski definition) is 2. The maximum absolute atomic E-state index is 13.2. The lowest BCUT2D eigenvalue weighted by Gasteiger charge is -2.36. The molecule has 0 fully saturated rings. The van der Waals surface area contributed by atoms with E-state index >= 15 is 0 Å². The lowest BCUT2D eigenvalue weighted by atomic mass is 10.2. The normalized spacial score (nSPS) is 12.2. The molecule has 0 heterocycles. The zero-order valence-electron chi connectivity index (χ0n) is 19.3. The predicted molar refractivity (Wildman–Crippen MR) is 151 cm³/mol. The molecule has 0 spiro atoms. The van der Waals surface area contributed by atoms with Crippen molar-refractivity contribution in [3.63, 3.8) is 0 Å². The number of hydrogen-bond acceptors (Lipinski definition) is 3. The van der Waals surface area contributed by atoms with Gasteiger partial charge in [-0.2, -0.15) is 8.42 Å². The van der Waals surface area contributed by atoms with Gasteiger partial charge in [0.1, 0.15) is 4.75 Å². The zero-order chi connectivity index (χ0) is 24.7. The Bertz CT molecular complexity index is 1140. The van der Waals surface area contributed by atoms with Gasteiger partial charge in [0.05, 0.1) is 0 Å². The third-order valence-corrected chi connectivity index (χ3v) is 13.6. The molecule has 4 nitrogen and oxygen atoms in total. The first kappa shape index (κ1) is 25.7. The summed E-state index contributed by atoms with van der Waals surface area (Å²) in [7, 11) is -6.66. The van der Waals surface area contributed by atoms with E-state index in [0.29, 0.717) is 0 Å². The fourth-order valence-corrected chi connectivity index (χ4v) is 11.7. The van der Waals surface area contributed by atoms with Crippen LogP contribution in [0, 0.1) is 0 Å². The van der Waals surface area contributed by atoms with Gasteiger partial charge in [-0.25, -0.2) is 0 Å². The molecule has 4 aromatic rings. The van der Waals surface area contributed by atoms with Crippen LogP contribution in [0.5, 0.6) is 0 Å². The Morgan fingerprint density at radius 2 is 0.829 bits per heavy atom. The van der Waals surface area contributed by atoms with Gasteiger partial charge >= 0.3 is 0 Å². The lowest BCUT2D eigenvalue weighted by molar-refractivity contribution is 0.446. The van der Waals surface area contributed by atoms with Gasteiger partial charge in [0.2, 0.25) is 0 Å². The van der Waals surface area contributed by atoms with Crippen LogP contribution in [0.2, 0.25) is 0 Å². The molecule has 0 saturated heterocycles. The molecule has 0 amide bonds. The van der Waals surface area contributed by atoms with E-state index in [1.165, 1.54) is 0 Å². The largest absolute Gasteiger partial charge is 0.329 e. The van der Waals surface area contributed by atoms with Gasteiger partial charge < -0.3 is 5.73 Å². The molecule has 180 valence electrons. The van der Waals surface area contributed by atoms with Gasteiger partial charge in [0.25, 0.3) is 10.1 Å². The molecule has 0 aromatic heterocycles. The molecule has 0 aliphatic heterocycles. The smallest absolute Gasteiger partial charge is 0.272 e. The van der Waals surface area contributed by atoms with Crippen LogP contribution in [0.4, 0.5) is 0 Å². The van der Waals surface area contributed by atoms with Crippen molar-refractivity contribution in [2.45, 2.75) is 4.75 Å². The molecule has 3 N–H and O–H groups in total. The lowest BCUT2D eigenvalue weighted by Crippen LogP contribution is -2.52. The third kappa shape index (κ3) is 6.06. The minimum Gasteiger partial charge on any atom is -0.329 e. The number of nitrogens with two attached hydrogens (primary N) is 1. The van der Waals surface area contributed by atoms with E-state index in [0.717, 1.165) is 21.2 Å². The summed E-state index contributed by atoms with van der Waals surface area (Å²) in [6.45, 7) is -0.164. The standard InChI is InChI=1S/C28H29NO3P2S/c29-21-28(35(30,31)32,22-33(24-13-5-1-6-14-24)25-15-7-2-8-16-25)23-34(26-17-9-3-10-18-26)27-19-11-4-12-20-27/h1-20H,21-23,29H2,(H,30,31,32). The summed E-state index contributed by atoms with van der Waals surface area (Å²) in [5, 5.41) is 4.22. The van der Waals surface area contributed by atoms with Crippen molar-refractivity contribution in [1.82, 2.24) is 0 Å². The van der Waals surface area contributed by atoms with Gasteiger partial charge in [-0.15, -0.1) is 0 Å². The van der Waals surface area contributed by atoms with Gasteiger partial charge in [0, 0.05) is 6.54 Å². The molecule has 4 aromatic carbocycles. The molecule has 0 saturated carbocycles. The van der Waals surface area contributed by atoms with Crippen LogP contribution in [0.3, 0.4) is 0 Å². The number of benzene rings is 4. The molecule has 35 heavy (non-hydrogen) atoms. The summed E-state index contributed by atoms with van der Waals surface area (Å²) in [6.07, 6.45) is 0.481. The van der Waals surface area contributed by atoms with Gasteiger partial charge in [-0.05, 0) is 49.4 Å². The van der Waals surface area contributed by atoms with E-state index < -0.39 is 30.7 Å². The van der Waals surface area contributed by atoms with E-state index in [1.54, 1.807) is 0 Å². The Balaban J connectivity index is 1.83. The second-order valence-corrected chi connectivity index (χ2v) is 14.6. The van der Waals surface area contributed by atoms with Crippen molar-refractivity contribution in [2.24, 2.45) is 5.73 Å². The predicted octanol–water partition coefficient (Wildman–Crippen LogP) is 3.84. The van der Waals surface area contributed by atoms with E-state index in [9.17, 15) is 13.0 Å². The quantitative estimate of drug-likeness (QED) is 0.246. The highest BCUT2D eigenvalue weighted by molar-refractivity contribution is 7.89. The van der Waals surface area contributed by atoms with Crippen LogP contribution in [-0.2, 0) is 10.1 Å². The third-order valence-electron chi connectivity index (χ3n) is 6.08. The van der Waals surface area contributed by atoms with Crippen LogP contribution < -0.4 is 27.0 Å². The zero-order valence-corrected chi connectivity index (χ0v) is 21.9. The molecule has 0 unspecified atom stereocenters. The average Bonchev–Trinajstić information content (AvgIpc) is 2.90. The molecule has 0 radical (unpaired) electrons. The van der Waals surface area contributed by atoms with E-state index in [4.69, 9.17) is 5.73 Å². The maximum Gasteiger partial charge on any atom is 0.272 e. The Morgan fingerprint density at radius 3 is 1.03 bits per heavy atom. The van der Waals surface area contributed by atoms with Gasteiger partial charge in [0.15, 0.2) is 0 Å². The summed E-state index contributed by atoms with van der Waals surface area (Å²) in [5.41, 5.74) is 6.28. The molecule has 0 aliphatic rings. The fourth-order valence-electron chi connectivity index (χ4n) is 4.12. The Hall–Kier alpha value is -2.39. The molecule has 7 heteroatoms. The second kappa shape index (κ2) is 11.6. The van der Waals surface area contributed by atoms with Crippen molar-refractivity contribution >= 4 is 47.2 Å². The minimum atomic E-state index is -4.49. The van der Waals surface area contributed by atoms with Crippen LogP contribution in [0.15, 0.2) is 121 Å². The first-order valence-corrected chi connectivity index (χ1v) is 15.9. The molecular weight excluding hydrogens is 492 g/mol. The van der Waals surface area contributed by atoms with Crippen molar-refractivity contribution in [3.8, 4) is 0 Å². The van der Waals surface area contributed by atoms with Crippen molar-refractivity contribution in [2.75, 3.05) is 18.9 Å². The maximum atomic E-state index is 13.2.